The molecule has 0 unspecified atom stereocenters. The molecular weight excluding hydrogens is 228 g/mol. The maximum absolute atomic E-state index is 10.7. The van der Waals surface area contributed by atoms with Crippen molar-refractivity contribution in [1.82, 2.24) is 5.32 Å². The van der Waals surface area contributed by atoms with E-state index in [4.69, 9.17) is 0 Å². The molecule has 100 valence electrons. The summed E-state index contributed by atoms with van der Waals surface area (Å²) in [6, 6.07) is 6.82. The van der Waals surface area contributed by atoms with Crippen LogP contribution in [0, 0.1) is 10.1 Å². The van der Waals surface area contributed by atoms with E-state index in [2.05, 4.69) is 26.1 Å². The average molecular weight is 250 g/mol. The number of nitro groups is 1. The molecular formula is C14H22N2O2. The first-order chi connectivity index (χ1) is 8.56. The van der Waals surface area contributed by atoms with Gasteiger partial charge in [-0.15, -0.1) is 0 Å². The molecule has 0 radical (unpaired) electrons. The van der Waals surface area contributed by atoms with Gasteiger partial charge in [-0.25, -0.2) is 0 Å². The second-order valence-electron chi connectivity index (χ2n) is 4.62. The van der Waals surface area contributed by atoms with Crippen molar-refractivity contribution in [3.05, 3.63) is 39.9 Å². The Morgan fingerprint density at radius 1 is 1.22 bits per heavy atom. The highest BCUT2D eigenvalue weighted by Gasteiger charge is 2.22. The summed E-state index contributed by atoms with van der Waals surface area (Å²) < 4.78 is 0. The van der Waals surface area contributed by atoms with Crippen LogP contribution in [-0.2, 0) is 6.54 Å². The van der Waals surface area contributed by atoms with Gasteiger partial charge in [0.15, 0.2) is 0 Å². The monoisotopic (exact) mass is 250 g/mol. The van der Waals surface area contributed by atoms with Gasteiger partial charge >= 0.3 is 0 Å². The summed E-state index contributed by atoms with van der Waals surface area (Å²) in [6.45, 7) is 7.20. The van der Waals surface area contributed by atoms with E-state index in [1.807, 2.05) is 6.07 Å². The van der Waals surface area contributed by atoms with Crippen LogP contribution in [0.2, 0.25) is 0 Å². The topological polar surface area (TPSA) is 55.2 Å². The summed E-state index contributed by atoms with van der Waals surface area (Å²) in [5.41, 5.74) is 1.26. The maximum atomic E-state index is 10.7. The quantitative estimate of drug-likeness (QED) is 0.593. The van der Waals surface area contributed by atoms with Crippen molar-refractivity contribution in [1.29, 1.82) is 0 Å². The van der Waals surface area contributed by atoms with Gasteiger partial charge in [0, 0.05) is 24.2 Å². The van der Waals surface area contributed by atoms with Gasteiger partial charge in [-0.2, -0.15) is 0 Å². The molecule has 0 aliphatic heterocycles. The predicted octanol–water partition coefficient (Wildman–Crippen LogP) is 3.65. The maximum Gasteiger partial charge on any atom is 0.269 e. The smallest absolute Gasteiger partial charge is 0.269 e. The van der Waals surface area contributed by atoms with Gasteiger partial charge in [0.1, 0.15) is 0 Å². The van der Waals surface area contributed by atoms with Crippen molar-refractivity contribution >= 4 is 5.69 Å². The number of non-ortho nitro benzene ring substituents is 1. The normalized spacial score (nSPS) is 11.5. The van der Waals surface area contributed by atoms with Gasteiger partial charge in [0.25, 0.3) is 5.69 Å². The molecule has 0 aromatic heterocycles. The van der Waals surface area contributed by atoms with Crippen LogP contribution in [-0.4, -0.2) is 10.5 Å². The molecule has 0 aliphatic carbocycles. The zero-order valence-electron chi connectivity index (χ0n) is 11.4. The van der Waals surface area contributed by atoms with E-state index >= 15 is 0 Å². The Morgan fingerprint density at radius 3 is 2.33 bits per heavy atom. The lowest BCUT2D eigenvalue weighted by Gasteiger charge is -2.32. The molecule has 0 spiro atoms. The number of hydrogen-bond donors (Lipinski definition) is 1. The van der Waals surface area contributed by atoms with Gasteiger partial charge in [-0.05, 0) is 24.8 Å². The number of rotatable bonds is 7. The largest absolute Gasteiger partial charge is 0.307 e. The van der Waals surface area contributed by atoms with Crippen LogP contribution < -0.4 is 5.32 Å². The molecule has 0 amide bonds. The molecule has 18 heavy (non-hydrogen) atoms. The van der Waals surface area contributed by atoms with E-state index in [-0.39, 0.29) is 16.1 Å². The molecule has 1 rings (SSSR count). The van der Waals surface area contributed by atoms with Crippen LogP contribution in [0.25, 0.3) is 0 Å². The van der Waals surface area contributed by atoms with E-state index in [1.165, 1.54) is 6.07 Å². The molecule has 0 fully saturated rings. The third-order valence-corrected chi connectivity index (χ3v) is 3.82. The summed E-state index contributed by atoms with van der Waals surface area (Å²) in [4.78, 5) is 10.4. The van der Waals surface area contributed by atoms with Crippen molar-refractivity contribution in [2.45, 2.75) is 52.1 Å². The molecule has 0 atom stereocenters. The van der Waals surface area contributed by atoms with Crippen molar-refractivity contribution in [2.24, 2.45) is 0 Å². The molecule has 4 nitrogen and oxygen atoms in total. The van der Waals surface area contributed by atoms with Gasteiger partial charge in [0.2, 0.25) is 0 Å². The molecule has 1 N–H and O–H groups in total. The highest BCUT2D eigenvalue weighted by atomic mass is 16.6. The highest BCUT2D eigenvalue weighted by molar-refractivity contribution is 5.34. The van der Waals surface area contributed by atoms with Crippen LogP contribution in [0.4, 0.5) is 5.69 Å². The van der Waals surface area contributed by atoms with Crippen LogP contribution in [0.5, 0.6) is 0 Å². The zero-order valence-corrected chi connectivity index (χ0v) is 11.4. The van der Waals surface area contributed by atoms with E-state index in [9.17, 15) is 10.1 Å². The summed E-state index contributed by atoms with van der Waals surface area (Å²) in [5.74, 6) is 0. The van der Waals surface area contributed by atoms with E-state index in [0.29, 0.717) is 6.54 Å². The fourth-order valence-electron chi connectivity index (χ4n) is 2.19. The van der Waals surface area contributed by atoms with Crippen molar-refractivity contribution in [3.63, 3.8) is 0 Å². The van der Waals surface area contributed by atoms with Gasteiger partial charge in [-0.1, -0.05) is 32.9 Å². The lowest BCUT2D eigenvalue weighted by atomic mass is 9.89. The summed E-state index contributed by atoms with van der Waals surface area (Å²) in [5, 5.41) is 14.3. The van der Waals surface area contributed by atoms with Crippen LogP contribution in [0.3, 0.4) is 0 Å². The highest BCUT2D eigenvalue weighted by Crippen LogP contribution is 2.21. The molecule has 0 heterocycles. The Bertz CT molecular complexity index is 392. The van der Waals surface area contributed by atoms with Crippen molar-refractivity contribution in [2.75, 3.05) is 0 Å². The van der Waals surface area contributed by atoms with E-state index in [0.717, 1.165) is 24.8 Å². The number of hydrogen-bond acceptors (Lipinski definition) is 3. The Labute approximate surface area is 109 Å². The molecule has 1 aromatic rings. The van der Waals surface area contributed by atoms with Gasteiger partial charge < -0.3 is 5.32 Å². The third-order valence-electron chi connectivity index (χ3n) is 3.82. The van der Waals surface area contributed by atoms with Crippen LogP contribution in [0.1, 0.15) is 45.6 Å². The minimum Gasteiger partial charge on any atom is -0.307 e. The van der Waals surface area contributed by atoms with E-state index in [1.54, 1.807) is 12.1 Å². The van der Waals surface area contributed by atoms with Crippen molar-refractivity contribution in [3.8, 4) is 0 Å². The fraction of sp³-hybridized carbons (Fsp3) is 0.571. The second kappa shape index (κ2) is 6.50. The number of nitro benzene ring substituents is 1. The lowest BCUT2D eigenvalue weighted by molar-refractivity contribution is -0.384. The summed E-state index contributed by atoms with van der Waals surface area (Å²) in [7, 11) is 0. The van der Waals surface area contributed by atoms with Gasteiger partial charge in [0.05, 0.1) is 4.92 Å². The first-order valence-corrected chi connectivity index (χ1v) is 6.55. The number of nitrogens with one attached hydrogen (secondary N) is 1. The van der Waals surface area contributed by atoms with Gasteiger partial charge in [-0.3, -0.25) is 10.1 Å². The molecule has 0 saturated heterocycles. The zero-order chi connectivity index (χ0) is 13.6. The van der Waals surface area contributed by atoms with Crippen molar-refractivity contribution < 1.29 is 4.92 Å². The van der Waals surface area contributed by atoms with E-state index < -0.39 is 0 Å². The summed E-state index contributed by atoms with van der Waals surface area (Å²) >= 11 is 0. The second-order valence-corrected chi connectivity index (χ2v) is 4.62. The molecule has 0 saturated carbocycles. The Hall–Kier alpha value is -1.42. The number of benzene rings is 1. The standard InChI is InChI=1S/C14H22N2O2/c1-4-14(5-2,6-3)15-11-12-8-7-9-13(10-12)16(17)18/h7-10,15H,4-6,11H2,1-3H3. The Morgan fingerprint density at radius 2 is 1.83 bits per heavy atom. The minimum atomic E-state index is -0.351. The SMILES string of the molecule is CCC(CC)(CC)NCc1cccc([N+](=O)[O-])c1. The minimum absolute atomic E-state index is 0.143. The molecule has 0 aliphatic rings. The van der Waals surface area contributed by atoms with Crippen LogP contribution in [0.15, 0.2) is 24.3 Å². The first kappa shape index (κ1) is 14.6. The molecule has 0 bridgehead atoms. The third kappa shape index (κ3) is 3.53. The first-order valence-electron chi connectivity index (χ1n) is 6.55. The fourth-order valence-corrected chi connectivity index (χ4v) is 2.19. The molecule has 4 heteroatoms. The lowest BCUT2D eigenvalue weighted by Crippen LogP contribution is -2.43. The predicted molar refractivity (Wildman–Crippen MR) is 73.5 cm³/mol. The molecule has 1 aromatic carbocycles. The average Bonchev–Trinajstić information content (AvgIpc) is 2.41. The number of nitrogens with zero attached hydrogens (tertiary/aromatic N) is 1. The van der Waals surface area contributed by atoms with Crippen LogP contribution >= 0.6 is 0 Å². The Kier molecular flexibility index (Phi) is 5.28. The summed E-state index contributed by atoms with van der Waals surface area (Å²) in [6.07, 6.45) is 3.19. The Balaban J connectivity index is 2.73.